The second kappa shape index (κ2) is 6.38. The zero-order valence-corrected chi connectivity index (χ0v) is 11.9. The van der Waals surface area contributed by atoms with Crippen LogP contribution in [-0.2, 0) is 30.3 Å². The number of aromatic nitrogens is 2. The van der Waals surface area contributed by atoms with Crippen LogP contribution in [-0.4, -0.2) is 53.0 Å². The van der Waals surface area contributed by atoms with Gasteiger partial charge in [-0.1, -0.05) is 0 Å². The summed E-state index contributed by atoms with van der Waals surface area (Å²) in [5, 5.41) is 0. The van der Waals surface area contributed by atoms with Crippen molar-refractivity contribution in [3.63, 3.8) is 0 Å². The van der Waals surface area contributed by atoms with Crippen LogP contribution in [0.2, 0.25) is 0 Å². The molecule has 1 atom stereocenters. The van der Waals surface area contributed by atoms with Crippen molar-refractivity contribution in [3.8, 4) is 0 Å². The van der Waals surface area contributed by atoms with Crippen LogP contribution in [0.3, 0.4) is 0 Å². The Balaban J connectivity index is 2.20. The fourth-order valence-corrected chi connectivity index (χ4v) is 2.33. The van der Waals surface area contributed by atoms with Crippen molar-refractivity contribution in [1.82, 2.24) is 14.9 Å². The van der Waals surface area contributed by atoms with Crippen molar-refractivity contribution >= 4 is 17.8 Å². The summed E-state index contributed by atoms with van der Waals surface area (Å²) in [7, 11) is 1.25. The van der Waals surface area contributed by atoms with Gasteiger partial charge in [-0.05, 0) is 6.92 Å². The van der Waals surface area contributed by atoms with Crippen molar-refractivity contribution in [2.24, 2.45) is 0 Å². The molecule has 1 aliphatic heterocycles. The SMILES string of the molecule is CCOC(=O)CC(=O)N1CCc2[nH]cnc2C1C(=O)OC. The molecule has 0 aliphatic carbocycles. The summed E-state index contributed by atoms with van der Waals surface area (Å²) < 4.78 is 9.50. The summed E-state index contributed by atoms with van der Waals surface area (Å²) in [6.45, 7) is 2.18. The summed E-state index contributed by atoms with van der Waals surface area (Å²) in [6, 6.07) is -0.924. The van der Waals surface area contributed by atoms with Gasteiger partial charge >= 0.3 is 11.9 Å². The third-order valence-electron chi connectivity index (χ3n) is 3.27. The molecular weight excluding hydrogens is 278 g/mol. The van der Waals surface area contributed by atoms with E-state index in [1.54, 1.807) is 6.92 Å². The molecule has 0 radical (unpaired) electrons. The third-order valence-corrected chi connectivity index (χ3v) is 3.27. The Hall–Kier alpha value is -2.38. The summed E-state index contributed by atoms with van der Waals surface area (Å²) in [4.78, 5) is 44.0. The monoisotopic (exact) mass is 295 g/mol. The van der Waals surface area contributed by atoms with Crippen LogP contribution in [0.1, 0.15) is 30.8 Å². The van der Waals surface area contributed by atoms with Crippen LogP contribution in [0.4, 0.5) is 0 Å². The summed E-state index contributed by atoms with van der Waals surface area (Å²) >= 11 is 0. The van der Waals surface area contributed by atoms with Crippen LogP contribution >= 0.6 is 0 Å². The number of aromatic amines is 1. The van der Waals surface area contributed by atoms with Gasteiger partial charge in [-0.15, -0.1) is 0 Å². The van der Waals surface area contributed by atoms with Crippen LogP contribution in [0.25, 0.3) is 0 Å². The number of H-pyrrole nitrogens is 1. The molecule has 0 fully saturated rings. The Labute approximate surface area is 121 Å². The van der Waals surface area contributed by atoms with Gasteiger partial charge in [0.05, 0.1) is 25.7 Å². The van der Waals surface area contributed by atoms with Crippen molar-refractivity contribution in [1.29, 1.82) is 0 Å². The number of imidazole rings is 1. The van der Waals surface area contributed by atoms with E-state index in [0.29, 0.717) is 18.7 Å². The number of hydrogen-bond acceptors (Lipinski definition) is 6. The van der Waals surface area contributed by atoms with E-state index in [-0.39, 0.29) is 6.61 Å². The van der Waals surface area contributed by atoms with Crippen molar-refractivity contribution in [3.05, 3.63) is 17.7 Å². The normalized spacial score (nSPS) is 17.0. The average molecular weight is 295 g/mol. The standard InChI is InChI=1S/C13H17N3O5/c1-3-21-10(18)6-9(17)16-5-4-8-11(15-7-14-8)12(16)13(19)20-2/h7,12H,3-6H2,1-2H3,(H,14,15). The van der Waals surface area contributed by atoms with Gasteiger partial charge in [-0.3, -0.25) is 9.59 Å². The van der Waals surface area contributed by atoms with E-state index in [1.807, 2.05) is 0 Å². The lowest BCUT2D eigenvalue weighted by Crippen LogP contribution is -2.44. The highest BCUT2D eigenvalue weighted by molar-refractivity contribution is 5.96. The molecule has 1 aliphatic rings. The molecular formula is C13H17N3O5. The minimum absolute atomic E-state index is 0.204. The third kappa shape index (κ3) is 3.04. The molecule has 1 unspecified atom stereocenters. The van der Waals surface area contributed by atoms with E-state index < -0.39 is 30.3 Å². The van der Waals surface area contributed by atoms with Gasteiger partial charge in [0.2, 0.25) is 5.91 Å². The number of nitrogens with one attached hydrogen (secondary N) is 1. The first-order valence-electron chi connectivity index (χ1n) is 6.63. The van der Waals surface area contributed by atoms with Crippen LogP contribution < -0.4 is 0 Å². The molecule has 0 aromatic carbocycles. The summed E-state index contributed by atoms with van der Waals surface area (Å²) in [6.07, 6.45) is 1.61. The fraction of sp³-hybridized carbons (Fsp3) is 0.538. The van der Waals surface area contributed by atoms with Crippen molar-refractivity contribution in [2.75, 3.05) is 20.3 Å². The second-order valence-corrected chi connectivity index (χ2v) is 4.51. The number of methoxy groups -OCH3 is 1. The van der Waals surface area contributed by atoms with Gasteiger partial charge in [-0.2, -0.15) is 0 Å². The Bertz CT molecular complexity index is 554. The lowest BCUT2D eigenvalue weighted by molar-refractivity contribution is -0.157. The van der Waals surface area contributed by atoms with Gasteiger partial charge in [0, 0.05) is 18.7 Å². The topological polar surface area (TPSA) is 102 Å². The molecule has 2 heterocycles. The lowest BCUT2D eigenvalue weighted by atomic mass is 10.0. The zero-order chi connectivity index (χ0) is 15.4. The van der Waals surface area contributed by atoms with E-state index in [2.05, 4.69) is 9.97 Å². The molecule has 1 aromatic rings. The zero-order valence-electron chi connectivity index (χ0n) is 11.9. The molecule has 0 spiro atoms. The minimum Gasteiger partial charge on any atom is -0.467 e. The molecule has 0 saturated heterocycles. The maximum absolute atomic E-state index is 12.2. The molecule has 8 heteroatoms. The van der Waals surface area contributed by atoms with Gasteiger partial charge in [-0.25, -0.2) is 9.78 Å². The van der Waals surface area contributed by atoms with Gasteiger partial charge in [0.1, 0.15) is 6.42 Å². The fourth-order valence-electron chi connectivity index (χ4n) is 2.33. The molecule has 0 bridgehead atoms. The molecule has 21 heavy (non-hydrogen) atoms. The number of rotatable bonds is 4. The van der Waals surface area contributed by atoms with Crippen LogP contribution in [0, 0.1) is 0 Å². The number of ether oxygens (including phenoxy) is 2. The number of nitrogens with zero attached hydrogens (tertiary/aromatic N) is 2. The first-order chi connectivity index (χ1) is 10.1. The Kier molecular flexibility index (Phi) is 4.56. The Morgan fingerprint density at radius 1 is 1.48 bits per heavy atom. The minimum atomic E-state index is -0.924. The number of carbonyl (C=O) groups is 3. The summed E-state index contributed by atoms with van der Waals surface area (Å²) in [5.41, 5.74) is 1.26. The van der Waals surface area contributed by atoms with E-state index >= 15 is 0 Å². The maximum Gasteiger partial charge on any atom is 0.334 e. The van der Waals surface area contributed by atoms with Crippen LogP contribution in [0.5, 0.6) is 0 Å². The predicted octanol–water partition coefficient (Wildman–Crippen LogP) is -0.0383. The molecule has 1 amide bonds. The number of fused-ring (bicyclic) bond motifs is 1. The van der Waals surface area contributed by atoms with Gasteiger partial charge < -0.3 is 19.4 Å². The number of carbonyl (C=O) groups excluding carboxylic acids is 3. The number of esters is 2. The summed E-state index contributed by atoms with van der Waals surface area (Å²) in [5.74, 6) is -1.67. The van der Waals surface area contributed by atoms with E-state index in [0.717, 1.165) is 5.69 Å². The number of hydrogen-bond donors (Lipinski definition) is 1. The van der Waals surface area contributed by atoms with Crippen molar-refractivity contribution < 1.29 is 23.9 Å². The highest BCUT2D eigenvalue weighted by atomic mass is 16.5. The van der Waals surface area contributed by atoms with E-state index in [1.165, 1.54) is 18.3 Å². The van der Waals surface area contributed by atoms with Gasteiger partial charge in [0.15, 0.2) is 6.04 Å². The van der Waals surface area contributed by atoms with Crippen LogP contribution in [0.15, 0.2) is 6.33 Å². The smallest absolute Gasteiger partial charge is 0.334 e. The van der Waals surface area contributed by atoms with Crippen molar-refractivity contribution in [2.45, 2.75) is 25.8 Å². The van der Waals surface area contributed by atoms with E-state index in [9.17, 15) is 14.4 Å². The molecule has 8 nitrogen and oxygen atoms in total. The first-order valence-corrected chi connectivity index (χ1v) is 6.63. The largest absolute Gasteiger partial charge is 0.467 e. The predicted molar refractivity (Wildman–Crippen MR) is 70.0 cm³/mol. The Morgan fingerprint density at radius 3 is 2.90 bits per heavy atom. The Morgan fingerprint density at radius 2 is 2.24 bits per heavy atom. The first kappa shape index (κ1) is 15.0. The molecule has 2 rings (SSSR count). The highest BCUT2D eigenvalue weighted by Gasteiger charge is 2.39. The lowest BCUT2D eigenvalue weighted by Gasteiger charge is -2.32. The molecule has 114 valence electrons. The maximum atomic E-state index is 12.2. The highest BCUT2D eigenvalue weighted by Crippen LogP contribution is 2.28. The van der Waals surface area contributed by atoms with Gasteiger partial charge in [0.25, 0.3) is 0 Å². The molecule has 1 N–H and O–H groups in total. The molecule has 1 aromatic heterocycles. The van der Waals surface area contributed by atoms with E-state index in [4.69, 9.17) is 9.47 Å². The quantitative estimate of drug-likeness (QED) is 0.618. The number of amides is 1. The average Bonchev–Trinajstić information content (AvgIpc) is 2.93. The second-order valence-electron chi connectivity index (χ2n) is 4.51. The molecule has 0 saturated carbocycles.